The maximum Gasteiger partial charge on any atom is 0.333 e. The van der Waals surface area contributed by atoms with Gasteiger partial charge in [0.2, 0.25) is 5.91 Å². The third-order valence-corrected chi connectivity index (χ3v) is 3.71. The van der Waals surface area contributed by atoms with Crippen LogP contribution >= 0.6 is 0 Å². The summed E-state index contributed by atoms with van der Waals surface area (Å²) in [4.78, 5) is 30.9. The van der Waals surface area contributed by atoms with Gasteiger partial charge in [0, 0.05) is 24.1 Å². The molecule has 1 aromatic carbocycles. The molecule has 0 radical (unpaired) electrons. The number of hydrogen-bond acceptors (Lipinski definition) is 4. The van der Waals surface area contributed by atoms with Crippen LogP contribution in [0.5, 0.6) is 0 Å². The van der Waals surface area contributed by atoms with Crippen molar-refractivity contribution in [2.75, 3.05) is 11.9 Å². The Morgan fingerprint density at radius 2 is 2.12 bits per heavy atom. The van der Waals surface area contributed by atoms with E-state index in [0.29, 0.717) is 31.4 Å². The summed E-state index contributed by atoms with van der Waals surface area (Å²) >= 11 is 0. The number of imidazole rings is 1. The first-order valence-corrected chi connectivity index (χ1v) is 8.60. The Labute approximate surface area is 147 Å². The molecule has 0 spiro atoms. The first-order valence-electron chi connectivity index (χ1n) is 8.60. The standard InChI is InChI=1S/C19H25N3O3/c1-4-5-8-18(23)20-14-9-10-15-16(12-14)22-17(21-15)7-6-11-25-19(24)13(2)3/h9-10,12H,2,4-8,11H2,1,3H3,(H,20,23)(H,21,22). The predicted molar refractivity (Wildman–Crippen MR) is 98.3 cm³/mol. The van der Waals surface area contributed by atoms with Gasteiger partial charge in [0.15, 0.2) is 0 Å². The number of carbonyl (C=O) groups is 2. The van der Waals surface area contributed by atoms with Crippen molar-refractivity contribution >= 4 is 28.6 Å². The molecule has 0 saturated carbocycles. The van der Waals surface area contributed by atoms with Crippen molar-refractivity contribution in [2.45, 2.75) is 46.0 Å². The Kier molecular flexibility index (Phi) is 6.74. The molecular formula is C19H25N3O3. The maximum atomic E-state index is 11.8. The summed E-state index contributed by atoms with van der Waals surface area (Å²) in [6.07, 6.45) is 3.78. The van der Waals surface area contributed by atoms with Crippen molar-refractivity contribution in [3.8, 4) is 0 Å². The van der Waals surface area contributed by atoms with Gasteiger partial charge in [-0.2, -0.15) is 0 Å². The van der Waals surface area contributed by atoms with Crippen molar-refractivity contribution in [3.05, 3.63) is 36.2 Å². The van der Waals surface area contributed by atoms with Gasteiger partial charge in [-0.25, -0.2) is 9.78 Å². The molecule has 2 rings (SSSR count). The lowest BCUT2D eigenvalue weighted by molar-refractivity contribution is -0.139. The zero-order chi connectivity index (χ0) is 18.2. The van der Waals surface area contributed by atoms with E-state index in [1.54, 1.807) is 6.92 Å². The van der Waals surface area contributed by atoms with Crippen LogP contribution in [0.1, 0.15) is 45.4 Å². The lowest BCUT2D eigenvalue weighted by atomic mass is 10.2. The molecule has 0 aliphatic heterocycles. The van der Waals surface area contributed by atoms with Crippen LogP contribution in [0.2, 0.25) is 0 Å². The van der Waals surface area contributed by atoms with Crippen LogP contribution in [0.3, 0.4) is 0 Å². The van der Waals surface area contributed by atoms with E-state index >= 15 is 0 Å². The minimum Gasteiger partial charge on any atom is -0.462 e. The van der Waals surface area contributed by atoms with Crippen LogP contribution in [0.15, 0.2) is 30.4 Å². The van der Waals surface area contributed by atoms with E-state index in [9.17, 15) is 9.59 Å². The zero-order valence-corrected chi connectivity index (χ0v) is 14.9. The second-order valence-corrected chi connectivity index (χ2v) is 6.09. The van der Waals surface area contributed by atoms with Crippen molar-refractivity contribution in [1.82, 2.24) is 9.97 Å². The summed E-state index contributed by atoms with van der Waals surface area (Å²) in [5.74, 6) is 0.490. The molecule has 0 saturated heterocycles. The second kappa shape index (κ2) is 9.01. The molecule has 0 atom stereocenters. The van der Waals surface area contributed by atoms with Gasteiger partial charge in [0.05, 0.1) is 17.6 Å². The molecule has 0 aliphatic rings. The van der Waals surface area contributed by atoms with E-state index in [0.717, 1.165) is 35.4 Å². The highest BCUT2D eigenvalue weighted by molar-refractivity contribution is 5.93. The molecule has 0 unspecified atom stereocenters. The number of hydrogen-bond donors (Lipinski definition) is 2. The molecule has 0 bridgehead atoms. The first kappa shape index (κ1) is 18.7. The molecule has 1 heterocycles. The smallest absolute Gasteiger partial charge is 0.333 e. The molecule has 25 heavy (non-hydrogen) atoms. The number of ether oxygens (including phenoxy) is 1. The molecule has 6 heteroatoms. The summed E-state index contributed by atoms with van der Waals surface area (Å²) in [7, 11) is 0. The minimum atomic E-state index is -0.368. The van der Waals surface area contributed by atoms with Crippen LogP contribution in [0, 0.1) is 0 Å². The van der Waals surface area contributed by atoms with E-state index in [1.165, 1.54) is 0 Å². The summed E-state index contributed by atoms with van der Waals surface area (Å²) in [5.41, 5.74) is 2.89. The number of esters is 1. The lowest BCUT2D eigenvalue weighted by Crippen LogP contribution is -2.10. The Balaban J connectivity index is 1.90. The molecule has 6 nitrogen and oxygen atoms in total. The number of amides is 1. The van der Waals surface area contributed by atoms with Gasteiger partial charge in [-0.05, 0) is 38.0 Å². The topological polar surface area (TPSA) is 84.1 Å². The van der Waals surface area contributed by atoms with Gasteiger partial charge in [-0.15, -0.1) is 0 Å². The number of nitrogens with one attached hydrogen (secondary N) is 2. The van der Waals surface area contributed by atoms with Gasteiger partial charge in [0.1, 0.15) is 5.82 Å². The number of fused-ring (bicyclic) bond motifs is 1. The van der Waals surface area contributed by atoms with E-state index < -0.39 is 0 Å². The van der Waals surface area contributed by atoms with E-state index in [1.807, 2.05) is 18.2 Å². The first-order chi connectivity index (χ1) is 12.0. The highest BCUT2D eigenvalue weighted by Crippen LogP contribution is 2.18. The molecule has 1 amide bonds. The maximum absolute atomic E-state index is 11.8. The fourth-order valence-electron chi connectivity index (χ4n) is 2.35. The Morgan fingerprint density at radius 3 is 2.84 bits per heavy atom. The fraction of sp³-hybridized carbons (Fsp3) is 0.421. The summed E-state index contributed by atoms with van der Waals surface area (Å²) in [6.45, 7) is 7.56. The Hall–Kier alpha value is -2.63. The number of aromatic nitrogens is 2. The van der Waals surface area contributed by atoms with Crippen molar-refractivity contribution in [2.24, 2.45) is 0 Å². The number of nitrogens with zero attached hydrogens (tertiary/aromatic N) is 1. The van der Waals surface area contributed by atoms with Crippen molar-refractivity contribution < 1.29 is 14.3 Å². The summed E-state index contributed by atoms with van der Waals surface area (Å²) in [5, 5.41) is 2.90. The average molecular weight is 343 g/mol. The summed E-state index contributed by atoms with van der Waals surface area (Å²) < 4.78 is 5.07. The number of H-pyrrole nitrogens is 1. The normalized spacial score (nSPS) is 10.6. The third kappa shape index (κ3) is 5.74. The summed E-state index contributed by atoms with van der Waals surface area (Å²) in [6, 6.07) is 5.62. The largest absolute Gasteiger partial charge is 0.462 e. The zero-order valence-electron chi connectivity index (χ0n) is 14.9. The van der Waals surface area contributed by atoms with E-state index in [2.05, 4.69) is 28.8 Å². The Bertz CT molecular complexity index is 764. The van der Waals surface area contributed by atoms with Crippen LogP contribution < -0.4 is 5.32 Å². The SMILES string of the molecule is C=C(C)C(=O)OCCCc1nc2ccc(NC(=O)CCCC)cc2[nH]1. The molecule has 0 fully saturated rings. The van der Waals surface area contributed by atoms with Crippen LogP contribution in [0.4, 0.5) is 5.69 Å². The molecular weight excluding hydrogens is 318 g/mol. The number of carbonyl (C=O) groups excluding carboxylic acids is 2. The fourth-order valence-corrected chi connectivity index (χ4v) is 2.35. The van der Waals surface area contributed by atoms with E-state index in [-0.39, 0.29) is 11.9 Å². The highest BCUT2D eigenvalue weighted by Gasteiger charge is 2.07. The molecule has 134 valence electrons. The number of anilines is 1. The van der Waals surface area contributed by atoms with Crippen LogP contribution in [-0.4, -0.2) is 28.5 Å². The predicted octanol–water partition coefficient (Wildman–Crippen LogP) is 3.74. The third-order valence-electron chi connectivity index (χ3n) is 3.71. The number of rotatable bonds is 9. The highest BCUT2D eigenvalue weighted by atomic mass is 16.5. The quantitative estimate of drug-likeness (QED) is 0.413. The lowest BCUT2D eigenvalue weighted by Gasteiger charge is -2.04. The minimum absolute atomic E-state index is 0.0280. The number of benzene rings is 1. The average Bonchev–Trinajstić information content (AvgIpc) is 2.98. The van der Waals surface area contributed by atoms with Gasteiger partial charge < -0.3 is 15.0 Å². The van der Waals surface area contributed by atoms with E-state index in [4.69, 9.17) is 4.74 Å². The number of aromatic amines is 1. The monoisotopic (exact) mass is 343 g/mol. The van der Waals surface area contributed by atoms with Gasteiger partial charge in [0.25, 0.3) is 0 Å². The Morgan fingerprint density at radius 1 is 1.32 bits per heavy atom. The van der Waals surface area contributed by atoms with Gasteiger partial charge >= 0.3 is 5.97 Å². The molecule has 2 N–H and O–H groups in total. The van der Waals surface area contributed by atoms with Crippen molar-refractivity contribution in [1.29, 1.82) is 0 Å². The van der Waals surface area contributed by atoms with Crippen LogP contribution in [-0.2, 0) is 20.7 Å². The molecule has 1 aromatic heterocycles. The number of unbranched alkanes of at least 4 members (excludes halogenated alkanes) is 1. The number of aryl methyl sites for hydroxylation is 1. The van der Waals surface area contributed by atoms with Crippen molar-refractivity contribution in [3.63, 3.8) is 0 Å². The van der Waals surface area contributed by atoms with Crippen LogP contribution in [0.25, 0.3) is 11.0 Å². The molecule has 0 aliphatic carbocycles. The van der Waals surface area contributed by atoms with Gasteiger partial charge in [-0.1, -0.05) is 19.9 Å². The second-order valence-electron chi connectivity index (χ2n) is 6.09. The molecule has 2 aromatic rings. The van der Waals surface area contributed by atoms with Gasteiger partial charge in [-0.3, -0.25) is 4.79 Å².